The lowest BCUT2D eigenvalue weighted by atomic mass is 10.3. The van der Waals surface area contributed by atoms with Crippen molar-refractivity contribution in [3.63, 3.8) is 0 Å². The van der Waals surface area contributed by atoms with Crippen LogP contribution < -0.4 is 4.72 Å². The zero-order chi connectivity index (χ0) is 16.6. The molecule has 1 aromatic heterocycles. The highest BCUT2D eigenvalue weighted by molar-refractivity contribution is 7.92. The average Bonchev–Trinajstić information content (AvgIpc) is 3.11. The number of benzene rings is 1. The molecule has 0 saturated heterocycles. The molecule has 124 valence electrons. The minimum Gasteiger partial charge on any atom is -0.277 e. The summed E-state index contributed by atoms with van der Waals surface area (Å²) >= 11 is 0. The van der Waals surface area contributed by atoms with Crippen LogP contribution >= 0.6 is 0 Å². The van der Waals surface area contributed by atoms with Crippen LogP contribution in [0.5, 0.6) is 0 Å². The maximum absolute atomic E-state index is 13.7. The van der Waals surface area contributed by atoms with Gasteiger partial charge in [-0.2, -0.15) is 5.10 Å². The third-order valence-corrected chi connectivity index (χ3v) is 5.50. The Bertz CT molecular complexity index is 827. The van der Waals surface area contributed by atoms with Crippen LogP contribution in [0, 0.1) is 18.6 Å². The van der Waals surface area contributed by atoms with Gasteiger partial charge in [0.25, 0.3) is 10.0 Å². The molecule has 2 aromatic rings. The third kappa shape index (κ3) is 3.21. The fraction of sp³-hybridized carbons (Fsp3) is 0.400. The third-order valence-electron chi connectivity index (χ3n) is 4.04. The Morgan fingerprint density at radius 1 is 1.26 bits per heavy atom. The van der Waals surface area contributed by atoms with Crippen LogP contribution in [0.25, 0.3) is 0 Å². The van der Waals surface area contributed by atoms with Gasteiger partial charge >= 0.3 is 0 Å². The van der Waals surface area contributed by atoms with Gasteiger partial charge in [-0.15, -0.1) is 0 Å². The second-order valence-corrected chi connectivity index (χ2v) is 7.38. The van der Waals surface area contributed by atoms with E-state index in [0.717, 1.165) is 37.8 Å². The molecule has 3 rings (SSSR count). The lowest BCUT2D eigenvalue weighted by Crippen LogP contribution is -2.14. The van der Waals surface area contributed by atoms with Crippen molar-refractivity contribution in [2.24, 2.45) is 0 Å². The van der Waals surface area contributed by atoms with Crippen molar-refractivity contribution in [1.82, 2.24) is 9.78 Å². The zero-order valence-corrected chi connectivity index (χ0v) is 13.4. The van der Waals surface area contributed by atoms with E-state index in [1.54, 1.807) is 11.6 Å². The molecule has 8 heteroatoms. The Morgan fingerprint density at radius 3 is 2.61 bits per heavy atom. The standard InChI is InChI=1S/C15H17F2N3O2S/c1-10-15(9-20(18-10)12-4-2-3-5-12)23(21,22)19-14-7-6-11(16)8-13(14)17/h6-9,12,19H,2-5H2,1H3. The van der Waals surface area contributed by atoms with E-state index >= 15 is 0 Å². The van der Waals surface area contributed by atoms with Crippen molar-refractivity contribution in [1.29, 1.82) is 0 Å². The zero-order valence-electron chi connectivity index (χ0n) is 12.6. The summed E-state index contributed by atoms with van der Waals surface area (Å²) in [5.41, 5.74) is 0.0614. The number of nitrogens with zero attached hydrogens (tertiary/aromatic N) is 2. The van der Waals surface area contributed by atoms with Gasteiger partial charge in [-0.1, -0.05) is 12.8 Å². The maximum atomic E-state index is 13.7. The molecular formula is C15H17F2N3O2S. The predicted octanol–water partition coefficient (Wildman–Crippen LogP) is 3.39. The molecule has 5 nitrogen and oxygen atoms in total. The summed E-state index contributed by atoms with van der Waals surface area (Å²) < 4.78 is 55.3. The first kappa shape index (κ1) is 15.9. The highest BCUT2D eigenvalue weighted by atomic mass is 32.2. The number of rotatable bonds is 4. The first-order chi connectivity index (χ1) is 10.9. The molecule has 0 aliphatic heterocycles. The number of aryl methyl sites for hydroxylation is 1. The van der Waals surface area contributed by atoms with Crippen molar-refractivity contribution >= 4 is 15.7 Å². The summed E-state index contributed by atoms with van der Waals surface area (Å²) in [5, 5.41) is 4.28. The van der Waals surface area contributed by atoms with Crippen molar-refractivity contribution < 1.29 is 17.2 Å². The van der Waals surface area contributed by atoms with Crippen LogP contribution in [0.3, 0.4) is 0 Å². The van der Waals surface area contributed by atoms with Gasteiger partial charge in [0.15, 0.2) is 0 Å². The molecule has 23 heavy (non-hydrogen) atoms. The van der Waals surface area contributed by atoms with E-state index in [0.29, 0.717) is 11.8 Å². The summed E-state index contributed by atoms with van der Waals surface area (Å²) in [6.07, 6.45) is 5.63. The van der Waals surface area contributed by atoms with E-state index in [-0.39, 0.29) is 16.6 Å². The number of sulfonamides is 1. The molecule has 0 spiro atoms. The Balaban J connectivity index is 1.90. The number of aromatic nitrogens is 2. The molecule has 0 amide bonds. The lowest BCUT2D eigenvalue weighted by Gasteiger charge is -2.09. The monoisotopic (exact) mass is 341 g/mol. The maximum Gasteiger partial charge on any atom is 0.265 e. The smallest absolute Gasteiger partial charge is 0.265 e. The van der Waals surface area contributed by atoms with Crippen molar-refractivity contribution in [2.75, 3.05) is 4.72 Å². The van der Waals surface area contributed by atoms with E-state index in [1.165, 1.54) is 6.20 Å². The summed E-state index contributed by atoms with van der Waals surface area (Å²) in [6.45, 7) is 1.60. The second kappa shape index (κ2) is 5.92. The Morgan fingerprint density at radius 2 is 1.96 bits per heavy atom. The van der Waals surface area contributed by atoms with Gasteiger partial charge in [-0.3, -0.25) is 9.40 Å². The summed E-state index contributed by atoms with van der Waals surface area (Å²) in [7, 11) is -3.98. The largest absolute Gasteiger partial charge is 0.277 e. The van der Waals surface area contributed by atoms with Gasteiger partial charge in [-0.25, -0.2) is 17.2 Å². The molecule has 1 aliphatic rings. The number of hydrogen-bond donors (Lipinski definition) is 1. The number of nitrogens with one attached hydrogen (secondary N) is 1. The van der Waals surface area contributed by atoms with E-state index in [1.807, 2.05) is 0 Å². The molecule has 0 atom stereocenters. The summed E-state index contributed by atoms with van der Waals surface area (Å²) in [6, 6.07) is 2.89. The SMILES string of the molecule is Cc1nn(C2CCCC2)cc1S(=O)(=O)Nc1ccc(F)cc1F. The number of anilines is 1. The van der Waals surface area contributed by atoms with Crippen LogP contribution in [0.2, 0.25) is 0 Å². The molecule has 0 radical (unpaired) electrons. The summed E-state index contributed by atoms with van der Waals surface area (Å²) in [5.74, 6) is -1.73. The van der Waals surface area contributed by atoms with Gasteiger partial charge in [0.05, 0.1) is 17.4 Å². The van der Waals surface area contributed by atoms with Gasteiger partial charge in [-0.05, 0) is 31.9 Å². The van der Waals surface area contributed by atoms with Crippen molar-refractivity contribution in [3.8, 4) is 0 Å². The molecular weight excluding hydrogens is 324 g/mol. The Kier molecular flexibility index (Phi) is 4.09. The normalized spacial score (nSPS) is 16.0. The molecule has 1 aromatic carbocycles. The first-order valence-electron chi connectivity index (χ1n) is 7.40. The van der Waals surface area contributed by atoms with Gasteiger partial charge in [0, 0.05) is 12.3 Å². The van der Waals surface area contributed by atoms with E-state index in [2.05, 4.69) is 9.82 Å². The number of halogens is 2. The highest BCUT2D eigenvalue weighted by Gasteiger charge is 2.25. The molecule has 1 saturated carbocycles. The van der Waals surface area contributed by atoms with Gasteiger partial charge in [0.2, 0.25) is 0 Å². The minimum atomic E-state index is -3.98. The van der Waals surface area contributed by atoms with Crippen molar-refractivity contribution in [3.05, 3.63) is 41.7 Å². The van der Waals surface area contributed by atoms with Gasteiger partial charge in [0.1, 0.15) is 16.5 Å². The minimum absolute atomic E-state index is 0.00752. The first-order valence-corrected chi connectivity index (χ1v) is 8.89. The quantitative estimate of drug-likeness (QED) is 0.927. The fourth-order valence-electron chi connectivity index (χ4n) is 2.86. The van der Waals surface area contributed by atoms with Crippen LogP contribution in [0.4, 0.5) is 14.5 Å². The molecule has 1 fully saturated rings. The number of hydrogen-bond acceptors (Lipinski definition) is 3. The van der Waals surface area contributed by atoms with Crippen molar-refractivity contribution in [2.45, 2.75) is 43.5 Å². The molecule has 0 unspecified atom stereocenters. The lowest BCUT2D eigenvalue weighted by molar-refractivity contribution is 0.464. The Hall–Kier alpha value is -1.96. The highest BCUT2D eigenvalue weighted by Crippen LogP contribution is 2.30. The molecule has 1 heterocycles. The topological polar surface area (TPSA) is 64.0 Å². The molecule has 1 N–H and O–H groups in total. The van der Waals surface area contributed by atoms with E-state index < -0.39 is 21.7 Å². The molecule has 1 aliphatic carbocycles. The van der Waals surface area contributed by atoms with Crippen LogP contribution in [-0.2, 0) is 10.0 Å². The van der Waals surface area contributed by atoms with E-state index in [4.69, 9.17) is 0 Å². The average molecular weight is 341 g/mol. The van der Waals surface area contributed by atoms with Crippen LogP contribution in [0.1, 0.15) is 37.4 Å². The second-order valence-electron chi connectivity index (χ2n) is 5.73. The molecule has 0 bridgehead atoms. The van der Waals surface area contributed by atoms with Crippen LogP contribution in [0.15, 0.2) is 29.3 Å². The summed E-state index contributed by atoms with van der Waals surface area (Å²) in [4.78, 5) is 0.00752. The predicted molar refractivity (Wildman–Crippen MR) is 81.6 cm³/mol. The fourth-order valence-corrected chi connectivity index (χ4v) is 4.10. The van der Waals surface area contributed by atoms with Gasteiger partial charge < -0.3 is 0 Å². The van der Waals surface area contributed by atoms with Crippen LogP contribution in [-0.4, -0.2) is 18.2 Å². The van der Waals surface area contributed by atoms with E-state index in [9.17, 15) is 17.2 Å². The Labute approximate surface area is 133 Å².